The number of benzene rings is 1. The van der Waals surface area contributed by atoms with Crippen LogP contribution in [-0.2, 0) is 25.6 Å². The molecule has 36 heavy (non-hydrogen) atoms. The summed E-state index contributed by atoms with van der Waals surface area (Å²) >= 11 is 1.58. The lowest BCUT2D eigenvalue weighted by Crippen LogP contribution is -2.58. The first-order valence-corrected chi connectivity index (χ1v) is 13.8. The van der Waals surface area contributed by atoms with Crippen molar-refractivity contribution in [3.8, 4) is 0 Å². The molecule has 6 N–H and O–H groups in total. The Balaban J connectivity index is 3.08. The van der Waals surface area contributed by atoms with Crippen LogP contribution in [0.4, 0.5) is 0 Å². The second-order valence-electron chi connectivity index (χ2n) is 9.86. The molecule has 0 bridgehead atoms. The first-order chi connectivity index (χ1) is 16.9. The van der Waals surface area contributed by atoms with Gasteiger partial charge >= 0.3 is 5.97 Å². The quantitative estimate of drug-likeness (QED) is 0.223. The van der Waals surface area contributed by atoms with Crippen LogP contribution < -0.4 is 21.7 Å². The number of amides is 3. The summed E-state index contributed by atoms with van der Waals surface area (Å²) in [6.45, 7) is 7.55. The minimum absolute atomic E-state index is 0.0524. The molecule has 0 fully saturated rings. The molecule has 0 aliphatic heterocycles. The summed E-state index contributed by atoms with van der Waals surface area (Å²) in [5.41, 5.74) is 6.84. The van der Waals surface area contributed by atoms with Crippen LogP contribution in [0.5, 0.6) is 0 Å². The van der Waals surface area contributed by atoms with E-state index < -0.39 is 47.9 Å². The Bertz CT molecular complexity index is 850. The molecular formula is C26H42N4O5S. The van der Waals surface area contributed by atoms with Gasteiger partial charge in [0.15, 0.2) is 0 Å². The third-order valence-electron chi connectivity index (χ3n) is 5.55. The predicted octanol–water partition coefficient (Wildman–Crippen LogP) is 1.94. The van der Waals surface area contributed by atoms with E-state index in [0.29, 0.717) is 18.6 Å². The first kappa shape index (κ1) is 31.4. The standard InChI is InChI=1S/C26H42N4O5S/c1-16(2)13-20(24(32)30-22(26(34)35)14-17(3)4)29-25(33)21(15-18-9-7-6-8-10-18)28-23(31)19(27)11-12-36-5/h6-10,16-17,19-22H,11-15,27H2,1-5H3,(H,28,31)(H,29,33)(H,30,32)(H,34,35). The number of hydrogen-bond acceptors (Lipinski definition) is 6. The molecule has 0 spiro atoms. The third kappa shape index (κ3) is 11.9. The van der Waals surface area contributed by atoms with Crippen LogP contribution in [-0.4, -0.2) is 65.0 Å². The minimum atomic E-state index is -1.12. The number of nitrogens with one attached hydrogen (secondary N) is 3. The van der Waals surface area contributed by atoms with Gasteiger partial charge in [0.1, 0.15) is 18.1 Å². The van der Waals surface area contributed by atoms with Crippen molar-refractivity contribution in [2.45, 2.75) is 77.5 Å². The molecule has 3 amide bonds. The highest BCUT2D eigenvalue weighted by molar-refractivity contribution is 7.98. The Morgan fingerprint density at radius 2 is 1.33 bits per heavy atom. The molecule has 4 atom stereocenters. The van der Waals surface area contributed by atoms with Crippen LogP contribution in [0, 0.1) is 11.8 Å². The first-order valence-electron chi connectivity index (χ1n) is 12.4. The lowest BCUT2D eigenvalue weighted by atomic mass is 9.99. The van der Waals surface area contributed by atoms with Gasteiger partial charge in [0.05, 0.1) is 6.04 Å². The smallest absolute Gasteiger partial charge is 0.326 e. The van der Waals surface area contributed by atoms with E-state index >= 15 is 0 Å². The zero-order valence-electron chi connectivity index (χ0n) is 22.0. The van der Waals surface area contributed by atoms with Crippen molar-refractivity contribution < 1.29 is 24.3 Å². The number of thioether (sulfide) groups is 1. The lowest BCUT2D eigenvalue weighted by Gasteiger charge is -2.26. The lowest BCUT2D eigenvalue weighted by molar-refractivity contribution is -0.143. The highest BCUT2D eigenvalue weighted by Crippen LogP contribution is 2.11. The van der Waals surface area contributed by atoms with Crippen molar-refractivity contribution in [1.82, 2.24) is 16.0 Å². The van der Waals surface area contributed by atoms with Gasteiger partial charge < -0.3 is 26.8 Å². The molecule has 1 aromatic carbocycles. The van der Waals surface area contributed by atoms with Crippen LogP contribution >= 0.6 is 11.8 Å². The van der Waals surface area contributed by atoms with E-state index in [4.69, 9.17) is 5.73 Å². The zero-order chi connectivity index (χ0) is 27.3. The third-order valence-corrected chi connectivity index (χ3v) is 6.19. The van der Waals surface area contributed by atoms with Gasteiger partial charge in [-0.2, -0.15) is 11.8 Å². The molecule has 0 heterocycles. The molecule has 9 nitrogen and oxygen atoms in total. The summed E-state index contributed by atoms with van der Waals surface area (Å²) in [6.07, 6.45) is 3.19. The topological polar surface area (TPSA) is 151 Å². The fraction of sp³-hybridized carbons (Fsp3) is 0.615. The van der Waals surface area contributed by atoms with Gasteiger partial charge in [0.25, 0.3) is 0 Å². The highest BCUT2D eigenvalue weighted by Gasteiger charge is 2.31. The SMILES string of the molecule is CSCCC(N)C(=O)NC(Cc1ccccc1)C(=O)NC(CC(C)C)C(=O)NC(CC(C)C)C(=O)O. The number of carbonyl (C=O) groups is 4. The number of hydrogen-bond donors (Lipinski definition) is 5. The predicted molar refractivity (Wildman–Crippen MR) is 143 cm³/mol. The summed E-state index contributed by atoms with van der Waals surface area (Å²) in [5.74, 6) is -1.83. The molecule has 0 saturated carbocycles. The number of carbonyl (C=O) groups excluding carboxylic acids is 3. The van der Waals surface area contributed by atoms with Crippen molar-refractivity contribution in [3.63, 3.8) is 0 Å². The van der Waals surface area contributed by atoms with E-state index in [-0.39, 0.29) is 24.7 Å². The van der Waals surface area contributed by atoms with Crippen molar-refractivity contribution >= 4 is 35.5 Å². The summed E-state index contributed by atoms with van der Waals surface area (Å²) in [5, 5.41) is 17.6. The molecule has 0 aliphatic rings. The van der Waals surface area contributed by atoms with E-state index in [2.05, 4.69) is 16.0 Å². The van der Waals surface area contributed by atoms with Crippen molar-refractivity contribution in [1.29, 1.82) is 0 Å². The van der Waals surface area contributed by atoms with E-state index in [1.54, 1.807) is 11.8 Å². The fourth-order valence-corrected chi connectivity index (χ4v) is 4.14. The number of rotatable bonds is 16. The summed E-state index contributed by atoms with van der Waals surface area (Å²) < 4.78 is 0. The van der Waals surface area contributed by atoms with Gasteiger partial charge in [-0.25, -0.2) is 4.79 Å². The van der Waals surface area contributed by atoms with E-state index in [0.717, 1.165) is 5.56 Å². The van der Waals surface area contributed by atoms with Crippen molar-refractivity contribution in [2.75, 3.05) is 12.0 Å². The van der Waals surface area contributed by atoms with Gasteiger partial charge in [-0.1, -0.05) is 58.0 Å². The Morgan fingerprint density at radius 1 is 0.833 bits per heavy atom. The van der Waals surface area contributed by atoms with E-state index in [9.17, 15) is 24.3 Å². The summed E-state index contributed by atoms with van der Waals surface area (Å²) in [6, 6.07) is 5.51. The van der Waals surface area contributed by atoms with Crippen LogP contribution in [0.1, 0.15) is 52.5 Å². The van der Waals surface area contributed by atoms with Crippen molar-refractivity contribution in [2.24, 2.45) is 17.6 Å². The van der Waals surface area contributed by atoms with Gasteiger partial charge in [-0.3, -0.25) is 14.4 Å². The average molecular weight is 523 g/mol. The van der Waals surface area contributed by atoms with E-state index in [1.807, 2.05) is 64.3 Å². The van der Waals surface area contributed by atoms with Gasteiger partial charge in [-0.05, 0) is 48.7 Å². The maximum Gasteiger partial charge on any atom is 0.326 e. The number of carboxylic acids is 1. The second kappa shape index (κ2) is 16.2. The van der Waals surface area contributed by atoms with Crippen LogP contribution in [0.2, 0.25) is 0 Å². The second-order valence-corrected chi connectivity index (χ2v) is 10.8. The summed E-state index contributed by atoms with van der Waals surface area (Å²) in [7, 11) is 0. The highest BCUT2D eigenvalue weighted by atomic mass is 32.2. The number of aliphatic carboxylic acids is 1. The molecule has 0 saturated heterocycles. The molecule has 10 heteroatoms. The monoisotopic (exact) mass is 522 g/mol. The van der Waals surface area contributed by atoms with Gasteiger partial charge in [-0.15, -0.1) is 0 Å². The Labute approximate surface area is 218 Å². The van der Waals surface area contributed by atoms with E-state index in [1.165, 1.54) is 0 Å². The van der Waals surface area contributed by atoms with Crippen LogP contribution in [0.25, 0.3) is 0 Å². The summed E-state index contributed by atoms with van der Waals surface area (Å²) in [4.78, 5) is 50.7. The average Bonchev–Trinajstić information content (AvgIpc) is 2.80. The molecule has 0 radical (unpaired) electrons. The van der Waals surface area contributed by atoms with Gasteiger partial charge in [0, 0.05) is 6.42 Å². The minimum Gasteiger partial charge on any atom is -0.480 e. The molecule has 4 unspecified atom stereocenters. The number of nitrogens with two attached hydrogens (primary N) is 1. The maximum absolute atomic E-state index is 13.3. The molecule has 202 valence electrons. The molecule has 0 aliphatic carbocycles. The van der Waals surface area contributed by atoms with Crippen LogP contribution in [0.3, 0.4) is 0 Å². The fourth-order valence-electron chi connectivity index (χ4n) is 3.65. The zero-order valence-corrected chi connectivity index (χ0v) is 22.8. The molecule has 1 aromatic rings. The Kier molecular flexibility index (Phi) is 14.2. The van der Waals surface area contributed by atoms with Crippen LogP contribution in [0.15, 0.2) is 30.3 Å². The van der Waals surface area contributed by atoms with Gasteiger partial charge in [0.2, 0.25) is 17.7 Å². The molecular weight excluding hydrogens is 480 g/mol. The molecule has 1 rings (SSSR count). The Hall–Kier alpha value is -2.59. The Morgan fingerprint density at radius 3 is 1.86 bits per heavy atom. The maximum atomic E-state index is 13.3. The van der Waals surface area contributed by atoms with Crippen molar-refractivity contribution in [3.05, 3.63) is 35.9 Å². The normalized spacial score (nSPS) is 14.6. The number of carboxylic acid groups (broad SMARTS) is 1. The largest absolute Gasteiger partial charge is 0.480 e. The molecule has 0 aromatic heterocycles.